The number of rotatable bonds is 20. The quantitative estimate of drug-likeness (QED) is 0.183. The van der Waals surface area contributed by atoms with Crippen LogP contribution in [0.4, 0.5) is 0 Å². The minimum Gasteiger partial charge on any atom is -0.748 e. The summed E-state index contributed by atoms with van der Waals surface area (Å²) in [6.45, 7) is 2.47. The van der Waals surface area contributed by atoms with Gasteiger partial charge in [-0.1, -0.05) is 103 Å². The van der Waals surface area contributed by atoms with Gasteiger partial charge in [-0.15, -0.1) is 0 Å². The molecule has 4 nitrogen and oxygen atoms in total. The number of aliphatic hydroxyl groups is 1. The Labute approximate surface area is 211 Å². The van der Waals surface area contributed by atoms with Crippen molar-refractivity contribution in [3.8, 4) is 0 Å². The van der Waals surface area contributed by atoms with Gasteiger partial charge >= 0.3 is 51.4 Å². The van der Waals surface area contributed by atoms with E-state index in [4.69, 9.17) is 5.11 Å². The van der Waals surface area contributed by atoms with Crippen LogP contribution < -0.4 is 51.4 Å². The van der Waals surface area contributed by atoms with Crippen LogP contribution in [0.15, 0.2) is 0 Å². The molecule has 0 saturated carbocycles. The van der Waals surface area contributed by atoms with Gasteiger partial charge in [0.2, 0.25) is 0 Å². The van der Waals surface area contributed by atoms with E-state index >= 15 is 0 Å². The second-order valence-electron chi connectivity index (χ2n) is 7.72. The molecule has 0 radical (unpaired) electrons. The monoisotopic (exact) mass is 430 g/mol. The topological polar surface area (TPSA) is 77.4 Å². The predicted octanol–water partition coefficient (Wildman–Crippen LogP) is 2.94. The Morgan fingerprint density at radius 2 is 1.00 bits per heavy atom. The Kier molecular flexibility index (Phi) is 25.2. The zero-order valence-corrected chi connectivity index (χ0v) is 22.0. The van der Waals surface area contributed by atoms with Crippen molar-refractivity contribution in [3.63, 3.8) is 0 Å². The molecule has 158 valence electrons. The summed E-state index contributed by atoms with van der Waals surface area (Å²) >= 11 is 0. The summed E-state index contributed by atoms with van der Waals surface area (Å²) in [5.41, 5.74) is 0. The van der Waals surface area contributed by atoms with Gasteiger partial charge in [-0.3, -0.25) is 0 Å². The van der Waals surface area contributed by atoms with E-state index in [2.05, 4.69) is 6.92 Å². The Bertz CT molecular complexity index is 388. The van der Waals surface area contributed by atoms with Crippen LogP contribution in [0.2, 0.25) is 0 Å². The van der Waals surface area contributed by atoms with Crippen molar-refractivity contribution in [1.82, 2.24) is 0 Å². The Balaban J connectivity index is 0. The maximum Gasteiger partial charge on any atom is 1.00 e. The van der Waals surface area contributed by atoms with E-state index in [-0.39, 0.29) is 51.4 Å². The summed E-state index contributed by atoms with van der Waals surface area (Å²) < 4.78 is 34.2. The third kappa shape index (κ3) is 22.0. The molecular formula is C21H43KO4S. The molecule has 1 N–H and O–H groups in total. The van der Waals surface area contributed by atoms with Gasteiger partial charge < -0.3 is 9.66 Å². The van der Waals surface area contributed by atoms with Crippen molar-refractivity contribution in [3.05, 3.63) is 0 Å². The average molecular weight is 431 g/mol. The third-order valence-electron chi connectivity index (χ3n) is 5.22. The first-order valence-electron chi connectivity index (χ1n) is 11.1. The minimum atomic E-state index is -4.14. The van der Waals surface area contributed by atoms with Gasteiger partial charge in [0.25, 0.3) is 0 Å². The van der Waals surface area contributed by atoms with Gasteiger partial charge in [-0.05, 0) is 19.3 Å². The maximum atomic E-state index is 11.4. The van der Waals surface area contributed by atoms with Gasteiger partial charge in [-0.25, -0.2) is 8.42 Å². The molecule has 0 aliphatic heterocycles. The Morgan fingerprint density at radius 3 is 1.33 bits per heavy atom. The second-order valence-corrected chi connectivity index (χ2v) is 9.37. The number of hydrogen-bond acceptors (Lipinski definition) is 4. The van der Waals surface area contributed by atoms with Crippen LogP contribution in [0, 0.1) is 0 Å². The fourth-order valence-corrected chi connectivity index (χ4v) is 4.39. The van der Waals surface area contributed by atoms with Crippen LogP contribution in [0.5, 0.6) is 0 Å². The molecule has 0 aromatic rings. The van der Waals surface area contributed by atoms with Crippen LogP contribution in [0.25, 0.3) is 0 Å². The zero-order chi connectivity index (χ0) is 19.5. The van der Waals surface area contributed by atoms with Crippen LogP contribution in [-0.4, -0.2) is 29.9 Å². The van der Waals surface area contributed by atoms with Gasteiger partial charge in [0, 0.05) is 11.9 Å². The molecule has 0 spiro atoms. The second kappa shape index (κ2) is 22.2. The molecule has 0 bridgehead atoms. The largest absolute Gasteiger partial charge is 1.00 e. The molecule has 1 unspecified atom stereocenters. The molecule has 0 aliphatic carbocycles. The predicted molar refractivity (Wildman–Crippen MR) is 109 cm³/mol. The zero-order valence-electron chi connectivity index (χ0n) is 18.1. The van der Waals surface area contributed by atoms with E-state index in [0.29, 0.717) is 19.4 Å². The molecule has 0 saturated heterocycles. The first-order valence-corrected chi connectivity index (χ1v) is 12.5. The van der Waals surface area contributed by atoms with Crippen molar-refractivity contribution < 1.29 is 69.5 Å². The molecule has 0 heterocycles. The van der Waals surface area contributed by atoms with Crippen molar-refractivity contribution in [2.45, 2.75) is 128 Å². The van der Waals surface area contributed by atoms with E-state index in [1.165, 1.54) is 51.4 Å². The molecule has 1 atom stereocenters. The van der Waals surface area contributed by atoms with E-state index in [1.807, 2.05) is 0 Å². The summed E-state index contributed by atoms with van der Waals surface area (Å²) in [5.74, 6) is 0. The van der Waals surface area contributed by atoms with Crippen molar-refractivity contribution >= 4 is 10.1 Å². The van der Waals surface area contributed by atoms with Crippen LogP contribution >= 0.6 is 0 Å². The first kappa shape index (κ1) is 30.7. The van der Waals surface area contributed by atoms with Crippen LogP contribution in [0.3, 0.4) is 0 Å². The maximum absolute atomic E-state index is 11.4. The molecule has 0 aliphatic rings. The number of aliphatic hydroxyl groups excluding tert-OH is 1. The fourth-order valence-electron chi connectivity index (χ4n) is 3.48. The van der Waals surface area contributed by atoms with Gasteiger partial charge in [0.05, 0.1) is 10.1 Å². The summed E-state index contributed by atoms with van der Waals surface area (Å²) in [4.78, 5) is 0. The Hall–Kier alpha value is 1.51. The van der Waals surface area contributed by atoms with Gasteiger partial charge in [0.15, 0.2) is 0 Å². The molecule has 0 amide bonds. The van der Waals surface area contributed by atoms with Crippen molar-refractivity contribution in [2.75, 3.05) is 6.61 Å². The molecular weight excluding hydrogens is 387 g/mol. The summed E-state index contributed by atoms with van der Waals surface area (Å²) in [6, 6.07) is 0. The Morgan fingerprint density at radius 1 is 0.667 bits per heavy atom. The third-order valence-corrected chi connectivity index (χ3v) is 6.51. The first-order chi connectivity index (χ1) is 12.5. The van der Waals surface area contributed by atoms with E-state index in [9.17, 15) is 13.0 Å². The van der Waals surface area contributed by atoms with E-state index in [1.54, 1.807) is 0 Å². The van der Waals surface area contributed by atoms with Crippen LogP contribution in [0.1, 0.15) is 122 Å². The van der Waals surface area contributed by atoms with E-state index < -0.39 is 15.4 Å². The molecule has 27 heavy (non-hydrogen) atoms. The smallest absolute Gasteiger partial charge is 0.748 e. The number of hydrogen-bond donors (Lipinski definition) is 1. The summed E-state index contributed by atoms with van der Waals surface area (Å²) in [5, 5.41) is 8.05. The molecule has 0 aromatic heterocycles. The van der Waals surface area contributed by atoms with Gasteiger partial charge in [-0.2, -0.15) is 0 Å². The SMILES string of the molecule is CCCCCCCC(CCCCCCCCCCCCCO)S(=O)(=O)[O-].[K+]. The normalized spacial score (nSPS) is 12.7. The van der Waals surface area contributed by atoms with Crippen molar-refractivity contribution in [1.29, 1.82) is 0 Å². The van der Waals surface area contributed by atoms with Crippen LogP contribution in [-0.2, 0) is 10.1 Å². The fraction of sp³-hybridized carbons (Fsp3) is 1.00. The molecule has 6 heteroatoms. The molecule has 0 rings (SSSR count). The summed E-state index contributed by atoms with van der Waals surface area (Å²) in [6.07, 6.45) is 19.1. The minimum absolute atomic E-state index is 0. The average Bonchev–Trinajstić information content (AvgIpc) is 2.59. The van der Waals surface area contributed by atoms with Gasteiger partial charge in [0.1, 0.15) is 0 Å². The molecule has 0 fully saturated rings. The summed E-state index contributed by atoms with van der Waals surface area (Å²) in [7, 11) is -4.14. The number of unbranched alkanes of at least 4 members (excludes halogenated alkanes) is 14. The molecule has 0 aromatic carbocycles. The van der Waals surface area contributed by atoms with Crippen molar-refractivity contribution in [2.24, 2.45) is 0 Å². The van der Waals surface area contributed by atoms with E-state index in [0.717, 1.165) is 51.4 Å². The standard InChI is InChI=1S/C21H44O4S.K/c1-2-3-4-12-15-18-21(26(23,24)25)19-16-13-10-8-6-5-7-9-11-14-17-20-22;/h21-22H,2-20H2,1H3,(H,23,24,25);/q;+1/p-1.